The van der Waals surface area contributed by atoms with Crippen LogP contribution in [0.3, 0.4) is 0 Å². The molecular formula is C16H27FN2. The number of hydrogen-bond acceptors (Lipinski definition) is 2. The van der Waals surface area contributed by atoms with Crippen molar-refractivity contribution in [2.75, 3.05) is 11.9 Å². The fourth-order valence-electron chi connectivity index (χ4n) is 2.22. The second-order valence-corrected chi connectivity index (χ2v) is 5.53. The lowest BCUT2D eigenvalue weighted by Gasteiger charge is -2.31. The van der Waals surface area contributed by atoms with Crippen LogP contribution in [-0.2, 0) is 0 Å². The number of halogens is 1. The Morgan fingerprint density at radius 2 is 1.84 bits per heavy atom. The molecule has 0 saturated carbocycles. The van der Waals surface area contributed by atoms with Gasteiger partial charge in [0.25, 0.3) is 0 Å². The maximum atomic E-state index is 13.6. The van der Waals surface area contributed by atoms with Crippen LogP contribution in [0.4, 0.5) is 10.1 Å². The Morgan fingerprint density at radius 1 is 1.16 bits per heavy atom. The van der Waals surface area contributed by atoms with E-state index >= 15 is 0 Å². The van der Waals surface area contributed by atoms with E-state index in [2.05, 4.69) is 19.2 Å². The molecule has 19 heavy (non-hydrogen) atoms. The molecule has 0 aliphatic carbocycles. The maximum Gasteiger partial charge on any atom is 0.146 e. The summed E-state index contributed by atoms with van der Waals surface area (Å²) < 4.78 is 13.6. The van der Waals surface area contributed by atoms with E-state index < -0.39 is 0 Å². The minimum Gasteiger partial charge on any atom is -0.376 e. The van der Waals surface area contributed by atoms with E-state index in [0.717, 1.165) is 12.8 Å². The molecule has 108 valence electrons. The lowest BCUT2D eigenvalue weighted by molar-refractivity contribution is 0.446. The monoisotopic (exact) mass is 266 g/mol. The Hall–Kier alpha value is -1.09. The Kier molecular flexibility index (Phi) is 6.85. The summed E-state index contributed by atoms with van der Waals surface area (Å²) in [6, 6.07) is 6.77. The average molecular weight is 266 g/mol. The van der Waals surface area contributed by atoms with Gasteiger partial charge in [-0.1, -0.05) is 51.2 Å². The molecule has 3 heteroatoms. The number of unbranched alkanes of at least 4 members (excludes halogenated alkanes) is 4. The van der Waals surface area contributed by atoms with Crippen molar-refractivity contribution in [2.45, 2.75) is 57.9 Å². The molecule has 0 bridgehead atoms. The molecule has 0 amide bonds. The van der Waals surface area contributed by atoms with Crippen molar-refractivity contribution in [3.63, 3.8) is 0 Å². The molecule has 0 spiro atoms. The van der Waals surface area contributed by atoms with E-state index in [9.17, 15) is 4.39 Å². The van der Waals surface area contributed by atoms with E-state index in [-0.39, 0.29) is 11.4 Å². The third-order valence-corrected chi connectivity index (χ3v) is 3.59. The van der Waals surface area contributed by atoms with Gasteiger partial charge in [0.2, 0.25) is 0 Å². The summed E-state index contributed by atoms with van der Waals surface area (Å²) in [5.41, 5.74) is 6.18. The number of benzene rings is 1. The van der Waals surface area contributed by atoms with Crippen LogP contribution in [-0.4, -0.2) is 12.1 Å². The molecule has 2 nitrogen and oxygen atoms in total. The van der Waals surface area contributed by atoms with Crippen molar-refractivity contribution < 1.29 is 4.39 Å². The Bertz CT molecular complexity index is 368. The smallest absolute Gasteiger partial charge is 0.146 e. The van der Waals surface area contributed by atoms with Gasteiger partial charge in [-0.2, -0.15) is 0 Å². The number of rotatable bonds is 9. The molecule has 1 aromatic rings. The van der Waals surface area contributed by atoms with E-state index in [1.54, 1.807) is 12.1 Å². The summed E-state index contributed by atoms with van der Waals surface area (Å²) in [4.78, 5) is 0. The fourth-order valence-corrected chi connectivity index (χ4v) is 2.22. The van der Waals surface area contributed by atoms with Crippen LogP contribution in [0.2, 0.25) is 0 Å². The number of hydrogen-bond donors (Lipinski definition) is 2. The molecule has 0 fully saturated rings. The predicted molar refractivity (Wildman–Crippen MR) is 80.9 cm³/mol. The Balaban J connectivity index is 2.48. The zero-order valence-electron chi connectivity index (χ0n) is 12.2. The molecular weight excluding hydrogens is 239 g/mol. The lowest BCUT2D eigenvalue weighted by Crippen LogP contribution is -2.42. The molecule has 3 N–H and O–H groups in total. The Labute approximate surface area is 116 Å². The first kappa shape index (κ1) is 16.0. The minimum atomic E-state index is -0.228. The molecule has 1 atom stereocenters. The van der Waals surface area contributed by atoms with Crippen LogP contribution >= 0.6 is 0 Å². The second kappa shape index (κ2) is 8.16. The molecule has 1 aromatic carbocycles. The first-order valence-electron chi connectivity index (χ1n) is 7.34. The van der Waals surface area contributed by atoms with Crippen molar-refractivity contribution in [2.24, 2.45) is 5.73 Å². The van der Waals surface area contributed by atoms with Gasteiger partial charge in [0.15, 0.2) is 0 Å². The average Bonchev–Trinajstić information content (AvgIpc) is 2.41. The summed E-state index contributed by atoms with van der Waals surface area (Å²) in [5.74, 6) is -0.215. The van der Waals surface area contributed by atoms with Crippen LogP contribution in [0.25, 0.3) is 0 Å². The van der Waals surface area contributed by atoms with Crippen molar-refractivity contribution in [3.8, 4) is 0 Å². The highest BCUT2D eigenvalue weighted by Crippen LogP contribution is 2.22. The standard InChI is InChI=1S/C16H27FN2/c1-3-4-5-6-9-12-16(2,13-18)19-15-11-8-7-10-14(15)17/h7-8,10-11,19H,3-6,9,12-13,18H2,1-2H3. The molecule has 1 unspecified atom stereocenters. The van der Waals surface area contributed by atoms with Gasteiger partial charge in [0, 0.05) is 12.1 Å². The molecule has 0 aliphatic rings. The lowest BCUT2D eigenvalue weighted by atomic mass is 9.93. The quantitative estimate of drug-likeness (QED) is 0.653. The van der Waals surface area contributed by atoms with Gasteiger partial charge in [-0.05, 0) is 25.5 Å². The van der Waals surface area contributed by atoms with Gasteiger partial charge in [0.1, 0.15) is 5.82 Å². The fraction of sp³-hybridized carbons (Fsp3) is 0.625. The van der Waals surface area contributed by atoms with Crippen LogP contribution < -0.4 is 11.1 Å². The van der Waals surface area contributed by atoms with Crippen LogP contribution in [0.5, 0.6) is 0 Å². The van der Waals surface area contributed by atoms with E-state index in [4.69, 9.17) is 5.73 Å². The minimum absolute atomic E-state index is 0.215. The van der Waals surface area contributed by atoms with Gasteiger partial charge in [-0.15, -0.1) is 0 Å². The van der Waals surface area contributed by atoms with E-state index in [0.29, 0.717) is 12.2 Å². The Morgan fingerprint density at radius 3 is 2.47 bits per heavy atom. The first-order chi connectivity index (χ1) is 9.11. The molecule has 0 saturated heterocycles. The van der Waals surface area contributed by atoms with Crippen molar-refractivity contribution in [1.29, 1.82) is 0 Å². The van der Waals surface area contributed by atoms with Crippen LogP contribution in [0.1, 0.15) is 52.4 Å². The van der Waals surface area contributed by atoms with Crippen LogP contribution in [0, 0.1) is 5.82 Å². The molecule has 0 radical (unpaired) electrons. The van der Waals surface area contributed by atoms with E-state index in [1.165, 1.54) is 31.7 Å². The molecule has 0 aromatic heterocycles. The second-order valence-electron chi connectivity index (χ2n) is 5.53. The normalized spacial score (nSPS) is 14.1. The van der Waals surface area contributed by atoms with Gasteiger partial charge in [-0.25, -0.2) is 4.39 Å². The summed E-state index contributed by atoms with van der Waals surface area (Å²) in [6.07, 6.45) is 7.15. The summed E-state index contributed by atoms with van der Waals surface area (Å²) >= 11 is 0. The number of para-hydroxylation sites is 1. The first-order valence-corrected chi connectivity index (χ1v) is 7.34. The third kappa shape index (κ3) is 5.60. The van der Waals surface area contributed by atoms with Gasteiger partial charge < -0.3 is 11.1 Å². The molecule has 1 rings (SSSR count). The van der Waals surface area contributed by atoms with E-state index in [1.807, 2.05) is 6.07 Å². The predicted octanol–water partition coefficient (Wildman–Crippen LogP) is 4.32. The highest BCUT2D eigenvalue weighted by atomic mass is 19.1. The maximum absolute atomic E-state index is 13.6. The topological polar surface area (TPSA) is 38.0 Å². The molecule has 0 aliphatic heterocycles. The number of nitrogens with one attached hydrogen (secondary N) is 1. The SMILES string of the molecule is CCCCCCCC(C)(CN)Nc1ccccc1F. The van der Waals surface area contributed by atoms with Gasteiger partial charge in [0.05, 0.1) is 5.69 Å². The number of anilines is 1. The summed E-state index contributed by atoms with van der Waals surface area (Å²) in [7, 11) is 0. The largest absolute Gasteiger partial charge is 0.376 e. The van der Waals surface area contributed by atoms with Crippen molar-refractivity contribution >= 4 is 5.69 Å². The highest BCUT2D eigenvalue weighted by Gasteiger charge is 2.22. The zero-order chi connectivity index (χ0) is 14.1. The van der Waals surface area contributed by atoms with Crippen LogP contribution in [0.15, 0.2) is 24.3 Å². The van der Waals surface area contributed by atoms with Gasteiger partial charge in [-0.3, -0.25) is 0 Å². The summed E-state index contributed by atoms with van der Waals surface area (Å²) in [6.45, 7) is 4.79. The highest BCUT2D eigenvalue weighted by molar-refractivity contribution is 5.46. The van der Waals surface area contributed by atoms with Gasteiger partial charge >= 0.3 is 0 Å². The molecule has 0 heterocycles. The third-order valence-electron chi connectivity index (χ3n) is 3.59. The number of nitrogens with two attached hydrogens (primary N) is 1. The summed E-state index contributed by atoms with van der Waals surface area (Å²) in [5, 5.41) is 3.26. The van der Waals surface area contributed by atoms with Crippen molar-refractivity contribution in [3.05, 3.63) is 30.1 Å². The van der Waals surface area contributed by atoms with Crippen molar-refractivity contribution in [1.82, 2.24) is 0 Å². The zero-order valence-corrected chi connectivity index (χ0v) is 12.2.